The molecule has 4 amide bonds. The molecule has 2 aliphatic rings. The van der Waals surface area contributed by atoms with Gasteiger partial charge in [-0.2, -0.15) is 0 Å². The number of urea groups is 1. The van der Waals surface area contributed by atoms with Crippen molar-refractivity contribution in [2.75, 3.05) is 26.7 Å². The molecule has 0 saturated carbocycles. The van der Waals surface area contributed by atoms with Crippen LogP contribution >= 0.6 is 11.3 Å². The Bertz CT molecular complexity index is 644. The first kappa shape index (κ1) is 15.9. The molecule has 1 aromatic rings. The first-order valence-corrected chi connectivity index (χ1v) is 8.62. The SMILES string of the molecule is Cc1csc(C2CCCCN2C(=O)CN2C(=O)CN(C)C2=O)n1. The molecule has 0 N–H and O–H groups in total. The number of thiazole rings is 1. The molecule has 1 unspecified atom stereocenters. The van der Waals surface area contributed by atoms with E-state index in [2.05, 4.69) is 4.98 Å². The Labute approximate surface area is 138 Å². The number of likely N-dealkylation sites (N-methyl/N-ethyl adjacent to an activating group) is 1. The summed E-state index contributed by atoms with van der Waals surface area (Å²) in [5, 5.41) is 2.92. The Balaban J connectivity index is 1.74. The van der Waals surface area contributed by atoms with Crippen LogP contribution in [0.1, 0.15) is 36.0 Å². The van der Waals surface area contributed by atoms with Crippen LogP contribution in [0.15, 0.2) is 5.38 Å². The highest BCUT2D eigenvalue weighted by molar-refractivity contribution is 7.09. The van der Waals surface area contributed by atoms with Crippen LogP contribution in [0.3, 0.4) is 0 Å². The van der Waals surface area contributed by atoms with Crippen molar-refractivity contribution < 1.29 is 14.4 Å². The van der Waals surface area contributed by atoms with Crippen LogP contribution in [0.5, 0.6) is 0 Å². The second-order valence-electron chi connectivity index (χ2n) is 6.04. The average Bonchev–Trinajstić information content (AvgIpc) is 3.06. The monoisotopic (exact) mass is 336 g/mol. The van der Waals surface area contributed by atoms with Crippen molar-refractivity contribution in [2.24, 2.45) is 0 Å². The minimum atomic E-state index is -0.401. The van der Waals surface area contributed by atoms with Crippen LogP contribution in [-0.4, -0.2) is 64.2 Å². The van der Waals surface area contributed by atoms with Gasteiger partial charge < -0.3 is 9.80 Å². The topological polar surface area (TPSA) is 73.8 Å². The zero-order chi connectivity index (χ0) is 16.6. The normalized spacial score (nSPS) is 22.2. The third-order valence-electron chi connectivity index (χ3n) is 4.27. The number of nitrogens with zero attached hydrogens (tertiary/aromatic N) is 4. The highest BCUT2D eigenvalue weighted by Gasteiger charge is 2.37. The molecular weight excluding hydrogens is 316 g/mol. The minimum absolute atomic E-state index is 0.0412. The van der Waals surface area contributed by atoms with Crippen molar-refractivity contribution in [1.82, 2.24) is 19.7 Å². The third-order valence-corrected chi connectivity index (χ3v) is 5.33. The van der Waals surface area contributed by atoms with Crippen molar-refractivity contribution >= 4 is 29.2 Å². The fourth-order valence-electron chi connectivity index (χ4n) is 3.06. The van der Waals surface area contributed by atoms with Crippen LogP contribution in [-0.2, 0) is 9.59 Å². The third kappa shape index (κ3) is 3.08. The summed E-state index contributed by atoms with van der Waals surface area (Å²) in [5.74, 6) is -0.496. The molecular formula is C15H20N4O3S. The van der Waals surface area contributed by atoms with Gasteiger partial charge in [-0.3, -0.25) is 14.5 Å². The van der Waals surface area contributed by atoms with E-state index in [1.807, 2.05) is 12.3 Å². The molecule has 1 aromatic heterocycles. The van der Waals surface area contributed by atoms with E-state index in [4.69, 9.17) is 0 Å². The van der Waals surface area contributed by atoms with Gasteiger partial charge in [0.25, 0.3) is 5.91 Å². The van der Waals surface area contributed by atoms with Gasteiger partial charge in [0.2, 0.25) is 5.91 Å². The molecule has 0 aromatic carbocycles. The van der Waals surface area contributed by atoms with E-state index in [1.54, 1.807) is 23.3 Å². The fraction of sp³-hybridized carbons (Fsp3) is 0.600. The predicted octanol–water partition coefficient (Wildman–Crippen LogP) is 1.40. The molecule has 0 radical (unpaired) electrons. The highest BCUT2D eigenvalue weighted by Crippen LogP contribution is 2.33. The molecule has 8 heteroatoms. The van der Waals surface area contributed by atoms with Gasteiger partial charge in [0.1, 0.15) is 18.1 Å². The first-order valence-electron chi connectivity index (χ1n) is 7.74. The summed E-state index contributed by atoms with van der Waals surface area (Å²) in [6, 6.07) is -0.442. The molecule has 124 valence electrons. The molecule has 3 rings (SSSR count). The molecule has 7 nitrogen and oxygen atoms in total. The van der Waals surface area contributed by atoms with Crippen molar-refractivity contribution in [3.63, 3.8) is 0 Å². The Hall–Kier alpha value is -1.96. The highest BCUT2D eigenvalue weighted by atomic mass is 32.1. The van der Waals surface area contributed by atoms with E-state index < -0.39 is 6.03 Å². The number of aromatic nitrogens is 1. The smallest absolute Gasteiger partial charge is 0.327 e. The van der Waals surface area contributed by atoms with E-state index in [9.17, 15) is 14.4 Å². The van der Waals surface area contributed by atoms with Gasteiger partial charge in [-0.15, -0.1) is 11.3 Å². The summed E-state index contributed by atoms with van der Waals surface area (Å²) in [6.07, 6.45) is 2.87. The van der Waals surface area contributed by atoms with Crippen molar-refractivity contribution in [3.8, 4) is 0 Å². The zero-order valence-electron chi connectivity index (χ0n) is 13.3. The largest absolute Gasteiger partial charge is 0.332 e. The number of rotatable bonds is 3. The number of carbonyl (C=O) groups is 3. The van der Waals surface area contributed by atoms with Gasteiger partial charge >= 0.3 is 6.03 Å². The number of piperidine rings is 1. The number of amides is 4. The maximum atomic E-state index is 12.7. The van der Waals surface area contributed by atoms with Gasteiger partial charge in [-0.1, -0.05) is 0 Å². The zero-order valence-corrected chi connectivity index (χ0v) is 14.1. The average molecular weight is 336 g/mol. The van der Waals surface area contributed by atoms with Gasteiger partial charge in [0.05, 0.1) is 6.04 Å². The summed E-state index contributed by atoms with van der Waals surface area (Å²) in [4.78, 5) is 45.1. The lowest BCUT2D eigenvalue weighted by molar-refractivity contribution is -0.139. The molecule has 2 saturated heterocycles. The molecule has 1 atom stereocenters. The molecule has 23 heavy (non-hydrogen) atoms. The second kappa shape index (κ2) is 6.27. The Morgan fingerprint density at radius 1 is 1.39 bits per heavy atom. The van der Waals surface area contributed by atoms with E-state index in [0.29, 0.717) is 6.54 Å². The number of likely N-dealkylation sites (tertiary alicyclic amines) is 1. The van der Waals surface area contributed by atoms with Crippen molar-refractivity contribution in [3.05, 3.63) is 16.1 Å². The summed E-state index contributed by atoms with van der Waals surface area (Å²) >= 11 is 1.56. The van der Waals surface area contributed by atoms with E-state index in [-0.39, 0.29) is 30.9 Å². The van der Waals surface area contributed by atoms with Crippen LogP contribution in [0.2, 0.25) is 0 Å². The van der Waals surface area contributed by atoms with E-state index >= 15 is 0 Å². The maximum Gasteiger partial charge on any atom is 0.327 e. The van der Waals surface area contributed by atoms with Crippen LogP contribution in [0.25, 0.3) is 0 Å². The molecule has 2 aliphatic heterocycles. The van der Waals surface area contributed by atoms with Crippen molar-refractivity contribution in [2.45, 2.75) is 32.2 Å². The number of aryl methyl sites for hydroxylation is 1. The van der Waals surface area contributed by atoms with Crippen LogP contribution in [0.4, 0.5) is 4.79 Å². The first-order chi connectivity index (χ1) is 11.0. The Morgan fingerprint density at radius 3 is 2.78 bits per heavy atom. The van der Waals surface area contributed by atoms with Crippen molar-refractivity contribution in [1.29, 1.82) is 0 Å². The summed E-state index contributed by atoms with van der Waals surface area (Å²) in [5.41, 5.74) is 0.953. The maximum absolute atomic E-state index is 12.7. The van der Waals surface area contributed by atoms with Gasteiger partial charge in [-0.25, -0.2) is 9.78 Å². The lowest BCUT2D eigenvalue weighted by atomic mass is 10.0. The molecule has 0 bridgehead atoms. The van der Waals surface area contributed by atoms with Gasteiger partial charge in [-0.05, 0) is 26.2 Å². The Kier molecular flexibility index (Phi) is 4.34. The second-order valence-corrected chi connectivity index (χ2v) is 6.93. The predicted molar refractivity (Wildman–Crippen MR) is 84.9 cm³/mol. The summed E-state index contributed by atoms with van der Waals surface area (Å²) < 4.78 is 0. The molecule has 3 heterocycles. The van der Waals surface area contributed by atoms with Gasteiger partial charge in [0, 0.05) is 24.7 Å². The number of imide groups is 1. The lowest BCUT2D eigenvalue weighted by Gasteiger charge is -2.35. The fourth-order valence-corrected chi connectivity index (χ4v) is 4.01. The quantitative estimate of drug-likeness (QED) is 0.782. The number of hydrogen-bond donors (Lipinski definition) is 0. The Morgan fingerprint density at radius 2 is 2.17 bits per heavy atom. The summed E-state index contributed by atoms with van der Waals surface area (Å²) in [7, 11) is 1.56. The molecule has 0 aliphatic carbocycles. The van der Waals surface area contributed by atoms with E-state index in [1.165, 1.54) is 4.90 Å². The summed E-state index contributed by atoms with van der Waals surface area (Å²) in [6.45, 7) is 2.45. The minimum Gasteiger partial charge on any atom is -0.332 e. The molecule has 2 fully saturated rings. The van der Waals surface area contributed by atoms with Gasteiger partial charge in [0.15, 0.2) is 0 Å². The number of carbonyl (C=O) groups excluding carboxylic acids is 3. The number of hydrogen-bond acceptors (Lipinski definition) is 5. The lowest BCUT2D eigenvalue weighted by Crippen LogP contribution is -2.46. The molecule has 0 spiro atoms. The van der Waals surface area contributed by atoms with Crippen LogP contribution in [0, 0.1) is 6.92 Å². The standard InChI is InChI=1S/C15H20N4O3S/c1-10-9-23-14(16-10)11-5-3-4-6-18(11)13(21)8-19-12(20)7-17(2)15(19)22/h9,11H,3-8H2,1-2H3. The van der Waals surface area contributed by atoms with Crippen LogP contribution < -0.4 is 0 Å². The van der Waals surface area contributed by atoms with E-state index in [0.717, 1.165) is 34.9 Å².